The van der Waals surface area contributed by atoms with Crippen molar-refractivity contribution in [2.24, 2.45) is 0 Å². The third-order valence-electron chi connectivity index (χ3n) is 4.67. The SMILES string of the molecule is CC(C)(C)[S+]([O-])NC(CO[Si](C)(C)C(C)(C)C)C(F)(F)c1ccccn1. The maximum atomic E-state index is 15.1. The predicted octanol–water partition coefficient (Wildman–Crippen LogP) is 4.62. The first-order valence-electron chi connectivity index (χ1n) is 8.70. The van der Waals surface area contributed by atoms with E-state index >= 15 is 8.78 Å². The number of aromatic nitrogens is 1. The zero-order valence-corrected chi connectivity index (χ0v) is 18.8. The Bertz CT molecular complexity index is 575. The van der Waals surface area contributed by atoms with E-state index in [4.69, 9.17) is 4.43 Å². The minimum atomic E-state index is -3.31. The number of hydrogen-bond acceptors (Lipinski definition) is 4. The van der Waals surface area contributed by atoms with Gasteiger partial charge < -0.3 is 8.98 Å². The van der Waals surface area contributed by atoms with Gasteiger partial charge in [0.1, 0.15) is 16.5 Å². The summed E-state index contributed by atoms with van der Waals surface area (Å²) in [7, 11) is -2.24. The fourth-order valence-corrected chi connectivity index (χ4v) is 3.61. The topological polar surface area (TPSA) is 57.2 Å². The van der Waals surface area contributed by atoms with Crippen LogP contribution >= 0.6 is 0 Å². The summed E-state index contributed by atoms with van der Waals surface area (Å²) >= 11 is -1.66. The van der Waals surface area contributed by atoms with Crippen LogP contribution in [-0.4, -0.2) is 35.2 Å². The van der Waals surface area contributed by atoms with E-state index in [0.29, 0.717) is 0 Å². The van der Waals surface area contributed by atoms with Crippen molar-refractivity contribution in [2.75, 3.05) is 6.61 Å². The van der Waals surface area contributed by atoms with Crippen molar-refractivity contribution >= 4 is 19.7 Å². The lowest BCUT2D eigenvalue weighted by Crippen LogP contribution is -2.55. The van der Waals surface area contributed by atoms with Crippen LogP contribution in [-0.2, 0) is 21.7 Å². The van der Waals surface area contributed by atoms with Crippen LogP contribution in [0.2, 0.25) is 18.1 Å². The number of pyridine rings is 1. The van der Waals surface area contributed by atoms with Crippen LogP contribution in [0.3, 0.4) is 0 Å². The van der Waals surface area contributed by atoms with E-state index in [1.165, 1.54) is 18.3 Å². The zero-order valence-electron chi connectivity index (χ0n) is 17.0. The van der Waals surface area contributed by atoms with Crippen molar-refractivity contribution < 1.29 is 17.8 Å². The van der Waals surface area contributed by atoms with E-state index in [1.54, 1.807) is 26.8 Å². The smallest absolute Gasteiger partial charge is 0.311 e. The molecule has 150 valence electrons. The first-order valence-corrected chi connectivity index (χ1v) is 12.8. The molecule has 1 aromatic rings. The van der Waals surface area contributed by atoms with Gasteiger partial charge in [-0.2, -0.15) is 8.78 Å². The van der Waals surface area contributed by atoms with Gasteiger partial charge in [0.15, 0.2) is 8.32 Å². The van der Waals surface area contributed by atoms with Crippen LogP contribution < -0.4 is 4.72 Å². The second-order valence-electron chi connectivity index (χ2n) is 8.96. The third kappa shape index (κ3) is 5.99. The highest BCUT2D eigenvalue weighted by molar-refractivity contribution is 7.90. The fraction of sp³-hybridized carbons (Fsp3) is 0.722. The standard InChI is InChI=1S/C18H32F2N2O2SSi/c1-16(2,3)25(23)22-15(13-24-26(7,8)17(4,5)6)18(19,20)14-11-9-10-12-21-14/h9-12,15,22H,13H2,1-8H3. The van der Waals surface area contributed by atoms with Gasteiger partial charge in [-0.15, -0.1) is 4.72 Å². The Balaban J connectivity index is 3.10. The fourth-order valence-electron chi connectivity index (χ4n) is 1.77. The van der Waals surface area contributed by atoms with Crippen molar-refractivity contribution in [3.63, 3.8) is 0 Å². The molecule has 8 heteroatoms. The third-order valence-corrected chi connectivity index (χ3v) is 10.8. The molecule has 1 aromatic heterocycles. The van der Waals surface area contributed by atoms with Gasteiger partial charge in [-0.05, 0) is 51.0 Å². The van der Waals surface area contributed by atoms with Gasteiger partial charge in [0, 0.05) is 17.6 Å². The summed E-state index contributed by atoms with van der Waals surface area (Å²) in [6, 6.07) is 2.94. The minimum Gasteiger partial charge on any atom is -0.598 e. The number of hydrogen-bond donors (Lipinski definition) is 1. The molecule has 2 unspecified atom stereocenters. The second-order valence-corrected chi connectivity index (χ2v) is 15.8. The molecule has 0 bridgehead atoms. The Hall–Kier alpha value is -0.543. The number of alkyl halides is 2. The molecular formula is C18H32F2N2O2SSi. The molecule has 26 heavy (non-hydrogen) atoms. The van der Waals surface area contributed by atoms with Crippen LogP contribution in [0.4, 0.5) is 8.78 Å². The molecule has 0 saturated carbocycles. The van der Waals surface area contributed by atoms with Gasteiger partial charge in [-0.3, -0.25) is 4.98 Å². The van der Waals surface area contributed by atoms with Crippen LogP contribution in [0.15, 0.2) is 24.4 Å². The van der Waals surface area contributed by atoms with Crippen LogP contribution in [0.5, 0.6) is 0 Å². The molecule has 4 nitrogen and oxygen atoms in total. The van der Waals surface area contributed by atoms with Crippen molar-refractivity contribution in [3.8, 4) is 0 Å². The Morgan fingerprint density at radius 2 is 1.77 bits per heavy atom. The summed E-state index contributed by atoms with van der Waals surface area (Å²) in [4.78, 5) is 3.80. The molecule has 0 spiro atoms. The van der Waals surface area contributed by atoms with Crippen LogP contribution in [0.1, 0.15) is 47.2 Å². The minimum absolute atomic E-state index is 0.110. The molecule has 1 N–H and O–H groups in total. The molecule has 0 aromatic carbocycles. The Morgan fingerprint density at radius 3 is 2.19 bits per heavy atom. The van der Waals surface area contributed by atoms with Gasteiger partial charge >= 0.3 is 5.92 Å². The van der Waals surface area contributed by atoms with Gasteiger partial charge in [0.25, 0.3) is 0 Å². The molecule has 0 saturated heterocycles. The number of halogens is 2. The molecular weight excluding hydrogens is 374 g/mol. The van der Waals surface area contributed by atoms with Gasteiger partial charge in [0.05, 0.1) is 6.61 Å². The lowest BCUT2D eigenvalue weighted by molar-refractivity contribution is -0.0542. The quantitative estimate of drug-likeness (QED) is 0.530. The highest BCUT2D eigenvalue weighted by Crippen LogP contribution is 2.38. The Kier molecular flexibility index (Phi) is 7.43. The molecule has 1 heterocycles. The molecule has 0 aliphatic heterocycles. The molecule has 2 atom stereocenters. The predicted molar refractivity (Wildman–Crippen MR) is 106 cm³/mol. The summed E-state index contributed by atoms with van der Waals surface area (Å²) in [6.07, 6.45) is 1.33. The van der Waals surface area contributed by atoms with Crippen molar-refractivity contribution in [3.05, 3.63) is 30.1 Å². The lowest BCUT2D eigenvalue weighted by atomic mass is 10.1. The largest absolute Gasteiger partial charge is 0.598 e. The second kappa shape index (κ2) is 8.22. The number of rotatable bonds is 7. The van der Waals surface area contributed by atoms with Crippen molar-refractivity contribution in [1.29, 1.82) is 0 Å². The molecule has 1 rings (SSSR count). The summed E-state index contributed by atoms with van der Waals surface area (Å²) in [5, 5.41) is -0.110. The van der Waals surface area contributed by atoms with Crippen molar-refractivity contribution in [1.82, 2.24) is 9.71 Å². The van der Waals surface area contributed by atoms with E-state index in [2.05, 4.69) is 9.71 Å². The van der Waals surface area contributed by atoms with Crippen LogP contribution in [0.25, 0.3) is 0 Å². The maximum absolute atomic E-state index is 15.1. The molecule has 0 fully saturated rings. The molecule has 0 amide bonds. The summed E-state index contributed by atoms with van der Waals surface area (Å²) in [5.41, 5.74) is -0.359. The highest BCUT2D eigenvalue weighted by Gasteiger charge is 2.48. The van der Waals surface area contributed by atoms with E-state index in [-0.39, 0.29) is 17.3 Å². The zero-order chi connectivity index (χ0) is 20.4. The van der Waals surface area contributed by atoms with Crippen LogP contribution in [0, 0.1) is 0 Å². The summed E-state index contributed by atoms with van der Waals surface area (Å²) < 4.78 is 50.6. The number of nitrogens with one attached hydrogen (secondary N) is 1. The molecule has 0 aliphatic carbocycles. The normalized spacial score (nSPS) is 16.4. The van der Waals surface area contributed by atoms with E-state index < -0.39 is 36.4 Å². The summed E-state index contributed by atoms with van der Waals surface area (Å²) in [6.45, 7) is 15.1. The van der Waals surface area contributed by atoms with E-state index in [9.17, 15) is 4.55 Å². The van der Waals surface area contributed by atoms with Gasteiger partial charge in [0.2, 0.25) is 0 Å². The highest BCUT2D eigenvalue weighted by atomic mass is 32.2. The first kappa shape index (κ1) is 23.5. The first-order chi connectivity index (χ1) is 11.6. The average molecular weight is 407 g/mol. The van der Waals surface area contributed by atoms with Gasteiger partial charge in [-0.1, -0.05) is 26.8 Å². The molecule has 0 aliphatic rings. The summed E-state index contributed by atoms with van der Waals surface area (Å²) in [5.74, 6) is -3.31. The number of nitrogens with zero attached hydrogens (tertiary/aromatic N) is 1. The lowest BCUT2D eigenvalue weighted by Gasteiger charge is -2.38. The maximum Gasteiger partial charge on any atom is 0.311 e. The monoisotopic (exact) mass is 406 g/mol. The van der Waals surface area contributed by atoms with Crippen molar-refractivity contribution in [2.45, 2.75) is 76.4 Å². The Labute approximate surface area is 160 Å². The average Bonchev–Trinajstić information content (AvgIpc) is 2.49. The molecule has 0 radical (unpaired) electrons. The van der Waals surface area contributed by atoms with E-state index in [0.717, 1.165) is 0 Å². The Morgan fingerprint density at radius 1 is 1.19 bits per heavy atom. The van der Waals surface area contributed by atoms with E-state index in [1.807, 2.05) is 33.9 Å². The van der Waals surface area contributed by atoms with Gasteiger partial charge in [-0.25, -0.2) is 0 Å².